The number of benzene rings is 1. The number of nitrogens with two attached hydrogens (primary N) is 1. The fourth-order valence-corrected chi connectivity index (χ4v) is 1.92. The molecule has 0 unspecified atom stereocenters. The van der Waals surface area contributed by atoms with Gasteiger partial charge in [-0.2, -0.15) is 4.98 Å². The second-order valence-corrected chi connectivity index (χ2v) is 4.54. The molecule has 6 heteroatoms. The van der Waals surface area contributed by atoms with E-state index >= 15 is 0 Å². The van der Waals surface area contributed by atoms with Gasteiger partial charge in [-0.3, -0.25) is 5.43 Å². The van der Waals surface area contributed by atoms with E-state index in [1.165, 1.54) is 17.3 Å². The molecule has 0 radical (unpaired) electrons. The molecular weight excluding hydrogens is 262 g/mol. The second kappa shape index (κ2) is 6.36. The zero-order valence-corrected chi connectivity index (χ0v) is 11.4. The average Bonchev–Trinajstić information content (AvgIpc) is 2.43. The maximum absolute atomic E-state index is 6.01. The van der Waals surface area contributed by atoms with Gasteiger partial charge < -0.3 is 5.32 Å². The Labute approximate surface area is 117 Å². The van der Waals surface area contributed by atoms with Crippen LogP contribution < -0.4 is 16.6 Å². The summed E-state index contributed by atoms with van der Waals surface area (Å²) < 4.78 is 0. The first-order chi connectivity index (χ1) is 9.20. The highest BCUT2D eigenvalue weighted by Gasteiger charge is 2.04. The number of nitrogen functional groups attached to an aromatic ring is 1. The van der Waals surface area contributed by atoms with Gasteiger partial charge in [-0.1, -0.05) is 35.9 Å². The molecule has 2 rings (SSSR count). The van der Waals surface area contributed by atoms with Crippen LogP contribution in [0.3, 0.4) is 0 Å². The Morgan fingerprint density at radius 2 is 2.11 bits per heavy atom. The summed E-state index contributed by atoms with van der Waals surface area (Å²) in [5, 5.41) is 3.66. The third-order valence-corrected chi connectivity index (χ3v) is 3.10. The Kier molecular flexibility index (Phi) is 4.54. The van der Waals surface area contributed by atoms with Gasteiger partial charge in [0.1, 0.15) is 5.02 Å². The van der Waals surface area contributed by atoms with Crippen molar-refractivity contribution < 1.29 is 0 Å². The maximum atomic E-state index is 6.01. The highest BCUT2D eigenvalue weighted by atomic mass is 35.5. The molecule has 0 saturated carbocycles. The number of aryl methyl sites for hydroxylation is 1. The van der Waals surface area contributed by atoms with Gasteiger partial charge in [-0.25, -0.2) is 10.8 Å². The van der Waals surface area contributed by atoms with E-state index in [1.807, 2.05) is 12.1 Å². The fourth-order valence-electron chi connectivity index (χ4n) is 1.77. The van der Waals surface area contributed by atoms with Crippen molar-refractivity contribution in [1.82, 2.24) is 9.97 Å². The first-order valence-electron chi connectivity index (χ1n) is 5.98. The van der Waals surface area contributed by atoms with Crippen molar-refractivity contribution in [1.29, 1.82) is 0 Å². The van der Waals surface area contributed by atoms with E-state index in [-0.39, 0.29) is 0 Å². The molecule has 0 aliphatic heterocycles. The monoisotopic (exact) mass is 277 g/mol. The highest BCUT2D eigenvalue weighted by molar-refractivity contribution is 6.32. The predicted molar refractivity (Wildman–Crippen MR) is 78.2 cm³/mol. The Morgan fingerprint density at radius 3 is 2.84 bits per heavy atom. The lowest BCUT2D eigenvalue weighted by Gasteiger charge is -2.09. The number of hydrazine groups is 1. The standard InChI is InChI=1S/C13H16ClN5/c1-9-4-2-3-5-10(9)6-7-16-12-11(14)8-17-13(18-12)19-15/h2-5,8H,6-7,15H2,1H3,(H2,16,17,18,19). The Hall–Kier alpha value is -1.85. The zero-order valence-electron chi connectivity index (χ0n) is 10.7. The lowest BCUT2D eigenvalue weighted by atomic mass is 10.1. The van der Waals surface area contributed by atoms with Gasteiger partial charge in [0.05, 0.1) is 6.20 Å². The average molecular weight is 278 g/mol. The Morgan fingerprint density at radius 1 is 1.32 bits per heavy atom. The summed E-state index contributed by atoms with van der Waals surface area (Å²) in [4.78, 5) is 8.07. The number of nitrogens with one attached hydrogen (secondary N) is 2. The SMILES string of the molecule is Cc1ccccc1CCNc1nc(NN)ncc1Cl. The summed E-state index contributed by atoms with van der Waals surface area (Å²) in [5.74, 6) is 6.18. The zero-order chi connectivity index (χ0) is 13.7. The summed E-state index contributed by atoms with van der Waals surface area (Å²) in [5.41, 5.74) is 4.97. The minimum Gasteiger partial charge on any atom is -0.368 e. The molecule has 4 N–H and O–H groups in total. The van der Waals surface area contributed by atoms with E-state index in [2.05, 4.69) is 39.8 Å². The van der Waals surface area contributed by atoms with Gasteiger partial charge in [0.15, 0.2) is 5.82 Å². The van der Waals surface area contributed by atoms with Crippen molar-refractivity contribution in [3.05, 3.63) is 46.6 Å². The third-order valence-electron chi connectivity index (χ3n) is 2.82. The predicted octanol–water partition coefficient (Wildman–Crippen LogP) is 2.38. The van der Waals surface area contributed by atoms with Crippen LogP contribution in [0.1, 0.15) is 11.1 Å². The van der Waals surface area contributed by atoms with Gasteiger partial charge in [0, 0.05) is 6.54 Å². The second-order valence-electron chi connectivity index (χ2n) is 4.14. The molecule has 0 bridgehead atoms. The topological polar surface area (TPSA) is 75.9 Å². The highest BCUT2D eigenvalue weighted by Crippen LogP contribution is 2.19. The largest absolute Gasteiger partial charge is 0.368 e. The number of hydrogen-bond donors (Lipinski definition) is 3. The molecule has 0 amide bonds. The lowest BCUT2D eigenvalue weighted by molar-refractivity contribution is 0.986. The number of nitrogens with zero attached hydrogens (tertiary/aromatic N) is 2. The molecule has 0 aliphatic rings. The van der Waals surface area contributed by atoms with Gasteiger partial charge in [0.2, 0.25) is 5.95 Å². The normalized spacial score (nSPS) is 10.3. The van der Waals surface area contributed by atoms with E-state index in [4.69, 9.17) is 17.4 Å². The van der Waals surface area contributed by atoms with Crippen molar-refractivity contribution in [2.24, 2.45) is 5.84 Å². The molecule has 1 aromatic heterocycles. The molecule has 100 valence electrons. The molecule has 1 heterocycles. The van der Waals surface area contributed by atoms with Crippen molar-refractivity contribution in [3.63, 3.8) is 0 Å². The van der Waals surface area contributed by atoms with Gasteiger partial charge >= 0.3 is 0 Å². The Bertz CT molecular complexity index is 558. The first kappa shape index (κ1) is 13.6. The molecule has 0 fully saturated rings. The van der Waals surface area contributed by atoms with Crippen LogP contribution in [0.15, 0.2) is 30.5 Å². The quantitative estimate of drug-likeness (QED) is 0.578. The van der Waals surface area contributed by atoms with E-state index < -0.39 is 0 Å². The van der Waals surface area contributed by atoms with E-state index in [0.717, 1.165) is 13.0 Å². The van der Waals surface area contributed by atoms with Crippen molar-refractivity contribution in [3.8, 4) is 0 Å². The summed E-state index contributed by atoms with van der Waals surface area (Å²) in [7, 11) is 0. The minimum atomic E-state index is 0.336. The van der Waals surface area contributed by atoms with E-state index in [1.54, 1.807) is 0 Å². The molecule has 0 saturated heterocycles. The summed E-state index contributed by atoms with van der Waals surface area (Å²) in [6.07, 6.45) is 2.41. The van der Waals surface area contributed by atoms with Crippen molar-refractivity contribution >= 4 is 23.4 Å². The molecule has 0 atom stereocenters. The van der Waals surface area contributed by atoms with Gasteiger partial charge in [-0.15, -0.1) is 0 Å². The molecule has 19 heavy (non-hydrogen) atoms. The smallest absolute Gasteiger partial charge is 0.239 e. The number of aromatic nitrogens is 2. The van der Waals surface area contributed by atoms with Gasteiger partial charge in [-0.05, 0) is 24.5 Å². The van der Waals surface area contributed by atoms with Crippen molar-refractivity contribution in [2.75, 3.05) is 17.3 Å². The maximum Gasteiger partial charge on any atom is 0.239 e. The van der Waals surface area contributed by atoms with Crippen LogP contribution in [0.25, 0.3) is 0 Å². The number of hydrogen-bond acceptors (Lipinski definition) is 5. The molecule has 0 aliphatic carbocycles. The van der Waals surface area contributed by atoms with E-state index in [0.29, 0.717) is 16.8 Å². The molecular formula is C13H16ClN5. The summed E-state index contributed by atoms with van der Waals surface area (Å²) in [6, 6.07) is 8.29. The van der Waals surface area contributed by atoms with Crippen LogP contribution in [0, 0.1) is 6.92 Å². The minimum absolute atomic E-state index is 0.336. The summed E-state index contributed by atoms with van der Waals surface area (Å²) >= 11 is 6.01. The molecule has 1 aromatic carbocycles. The fraction of sp³-hybridized carbons (Fsp3) is 0.231. The van der Waals surface area contributed by atoms with Crippen LogP contribution in [0.5, 0.6) is 0 Å². The first-order valence-corrected chi connectivity index (χ1v) is 6.36. The van der Waals surface area contributed by atoms with Gasteiger partial charge in [0.25, 0.3) is 0 Å². The number of anilines is 2. The Balaban J connectivity index is 1.98. The number of rotatable bonds is 5. The van der Waals surface area contributed by atoms with E-state index in [9.17, 15) is 0 Å². The third kappa shape index (κ3) is 3.56. The number of halogens is 1. The van der Waals surface area contributed by atoms with Crippen LogP contribution in [0.4, 0.5) is 11.8 Å². The van der Waals surface area contributed by atoms with Crippen LogP contribution in [-0.4, -0.2) is 16.5 Å². The van der Waals surface area contributed by atoms with Crippen LogP contribution >= 0.6 is 11.6 Å². The van der Waals surface area contributed by atoms with Crippen LogP contribution in [0.2, 0.25) is 5.02 Å². The molecule has 2 aromatic rings. The van der Waals surface area contributed by atoms with Crippen LogP contribution in [-0.2, 0) is 6.42 Å². The van der Waals surface area contributed by atoms with Crippen molar-refractivity contribution in [2.45, 2.75) is 13.3 Å². The lowest BCUT2D eigenvalue weighted by Crippen LogP contribution is -2.13. The summed E-state index contributed by atoms with van der Waals surface area (Å²) in [6.45, 7) is 2.84. The molecule has 0 spiro atoms. The molecule has 5 nitrogen and oxygen atoms in total.